The molecule has 0 saturated carbocycles. The highest BCUT2D eigenvalue weighted by atomic mass is 32.2. The third-order valence-corrected chi connectivity index (χ3v) is 14.4. The average molecular weight is 551 g/mol. The Morgan fingerprint density at radius 3 is 1.95 bits per heavy atom. The van der Waals surface area contributed by atoms with E-state index < -0.39 is 52.0 Å². The smallest absolute Gasteiger partial charge is 0.327 e. The lowest BCUT2D eigenvalue weighted by Crippen LogP contribution is -2.56. The number of hydrogen-bond acceptors (Lipinski definition) is 7. The maximum absolute atomic E-state index is 13.4. The van der Waals surface area contributed by atoms with Gasteiger partial charge < -0.3 is 9.16 Å². The third-order valence-electron chi connectivity index (χ3n) is 6.68. The van der Waals surface area contributed by atoms with E-state index in [4.69, 9.17) is 9.16 Å². The van der Waals surface area contributed by atoms with Gasteiger partial charge in [-0.2, -0.15) is 4.72 Å². The van der Waals surface area contributed by atoms with Crippen LogP contribution in [0, 0.1) is 10.1 Å². The summed E-state index contributed by atoms with van der Waals surface area (Å²) < 4.78 is 41.3. The molecule has 0 unspecified atom stereocenters. The van der Waals surface area contributed by atoms with Gasteiger partial charge in [-0.3, -0.25) is 14.9 Å². The molecule has 0 fully saturated rings. The molecular formula is C26H38N2O7SSi. The summed E-state index contributed by atoms with van der Waals surface area (Å²) in [6.45, 7) is 14.1. The molecule has 0 aliphatic rings. The highest BCUT2D eigenvalue weighted by Crippen LogP contribution is 2.43. The van der Waals surface area contributed by atoms with Gasteiger partial charge >= 0.3 is 5.97 Å². The number of rotatable bonds is 13. The Labute approximate surface area is 220 Å². The van der Waals surface area contributed by atoms with E-state index in [0.29, 0.717) is 0 Å². The summed E-state index contributed by atoms with van der Waals surface area (Å²) in [6, 6.07) is 12.6. The molecule has 0 spiro atoms. The number of sulfonamides is 1. The van der Waals surface area contributed by atoms with E-state index in [2.05, 4.69) is 46.3 Å². The van der Waals surface area contributed by atoms with Crippen molar-refractivity contribution < 1.29 is 27.3 Å². The molecule has 37 heavy (non-hydrogen) atoms. The summed E-state index contributed by atoms with van der Waals surface area (Å²) in [5, 5.41) is 11.5. The predicted molar refractivity (Wildman–Crippen MR) is 145 cm³/mol. The van der Waals surface area contributed by atoms with E-state index in [1.54, 1.807) is 31.2 Å². The Morgan fingerprint density at radius 2 is 1.43 bits per heavy atom. The second kappa shape index (κ2) is 12.8. The molecule has 204 valence electrons. The first-order chi connectivity index (χ1) is 17.2. The van der Waals surface area contributed by atoms with Gasteiger partial charge in [-0.25, -0.2) is 8.42 Å². The molecule has 2 aromatic carbocycles. The van der Waals surface area contributed by atoms with Gasteiger partial charge in [0.05, 0.1) is 11.0 Å². The van der Waals surface area contributed by atoms with Gasteiger partial charge in [-0.05, 0) is 35.2 Å². The van der Waals surface area contributed by atoms with Crippen molar-refractivity contribution in [3.05, 3.63) is 70.3 Å². The molecule has 1 N–H and O–H groups in total. The number of nitrogens with one attached hydrogen (secondary N) is 1. The van der Waals surface area contributed by atoms with Crippen LogP contribution in [0.15, 0.2) is 59.5 Å². The molecule has 2 atom stereocenters. The Bertz CT molecular complexity index is 1150. The van der Waals surface area contributed by atoms with Crippen molar-refractivity contribution in [2.75, 3.05) is 0 Å². The molecule has 2 aromatic rings. The van der Waals surface area contributed by atoms with Crippen LogP contribution in [0.1, 0.15) is 54.0 Å². The first-order valence-electron chi connectivity index (χ1n) is 12.4. The van der Waals surface area contributed by atoms with Gasteiger partial charge in [0.2, 0.25) is 18.3 Å². The van der Waals surface area contributed by atoms with E-state index in [0.717, 1.165) is 17.7 Å². The highest BCUT2D eigenvalue weighted by molar-refractivity contribution is 7.89. The van der Waals surface area contributed by atoms with E-state index in [1.165, 1.54) is 12.1 Å². The molecule has 2 rings (SSSR count). The molecule has 0 aliphatic heterocycles. The lowest BCUT2D eigenvalue weighted by molar-refractivity contribution is -0.387. The topological polar surface area (TPSA) is 125 Å². The Kier molecular flexibility index (Phi) is 10.6. The van der Waals surface area contributed by atoms with E-state index in [-0.39, 0.29) is 23.2 Å². The normalized spacial score (nSPS) is 14.1. The van der Waals surface area contributed by atoms with Crippen molar-refractivity contribution in [3.8, 4) is 0 Å². The van der Waals surface area contributed by atoms with Crippen molar-refractivity contribution in [1.82, 2.24) is 4.72 Å². The Morgan fingerprint density at radius 1 is 0.919 bits per heavy atom. The molecule has 0 saturated heterocycles. The first kappa shape index (κ1) is 30.6. The first-order valence-corrected chi connectivity index (χ1v) is 16.0. The van der Waals surface area contributed by atoms with Crippen LogP contribution >= 0.6 is 0 Å². The fourth-order valence-corrected chi connectivity index (χ4v) is 12.0. The van der Waals surface area contributed by atoms with E-state index in [1.807, 2.05) is 6.07 Å². The van der Waals surface area contributed by atoms with Crippen molar-refractivity contribution in [3.63, 3.8) is 0 Å². The van der Waals surface area contributed by atoms with Gasteiger partial charge in [-0.1, -0.05) is 84.0 Å². The predicted octanol–water partition coefficient (Wildman–Crippen LogP) is 5.57. The number of esters is 1. The van der Waals surface area contributed by atoms with E-state index in [9.17, 15) is 23.3 Å². The zero-order valence-corrected chi connectivity index (χ0v) is 24.3. The number of carbonyl (C=O) groups is 1. The minimum atomic E-state index is -4.48. The van der Waals surface area contributed by atoms with Crippen LogP contribution in [0.3, 0.4) is 0 Å². The standard InChI is InChI=1S/C26H38N2O7SSi/c1-18(2)37(19(3)4,20(5)6)35-21(7)25(26(29)34-17-22-13-9-8-10-14-22)27-36(32,33)24-16-12-11-15-23(24)28(30)31/h8-16,18-21,25,27H,17H2,1-7H3/t21-,25+/m1/s1. The monoisotopic (exact) mass is 550 g/mol. The maximum atomic E-state index is 13.4. The van der Waals surface area contributed by atoms with Gasteiger partial charge in [0.25, 0.3) is 5.69 Å². The number of carbonyl (C=O) groups excluding carboxylic acids is 1. The number of ether oxygens (including phenoxy) is 1. The number of para-hydroxylation sites is 1. The minimum Gasteiger partial charge on any atom is -0.460 e. The zero-order valence-electron chi connectivity index (χ0n) is 22.5. The molecule has 0 radical (unpaired) electrons. The average Bonchev–Trinajstić information content (AvgIpc) is 2.84. The van der Waals surface area contributed by atoms with E-state index >= 15 is 0 Å². The fraction of sp³-hybridized carbons (Fsp3) is 0.500. The van der Waals surface area contributed by atoms with Gasteiger partial charge in [0, 0.05) is 6.07 Å². The largest absolute Gasteiger partial charge is 0.460 e. The Balaban J connectivity index is 2.47. The quantitative estimate of drug-likeness (QED) is 0.150. The lowest BCUT2D eigenvalue weighted by Gasteiger charge is -2.45. The van der Waals surface area contributed by atoms with Gasteiger partial charge in [-0.15, -0.1) is 0 Å². The summed E-state index contributed by atoms with van der Waals surface area (Å²) in [5.74, 6) is -0.822. The number of nitrogens with zero attached hydrogens (tertiary/aromatic N) is 1. The van der Waals surface area contributed by atoms with Crippen LogP contribution in [0.2, 0.25) is 16.6 Å². The molecule has 0 aromatic heterocycles. The summed E-state index contributed by atoms with van der Waals surface area (Å²) in [5.41, 5.74) is 0.698. The fourth-order valence-electron chi connectivity index (χ4n) is 5.02. The molecule has 0 heterocycles. The van der Waals surface area contributed by atoms with Crippen LogP contribution < -0.4 is 4.72 Å². The number of hydrogen-bond donors (Lipinski definition) is 1. The molecule has 0 aliphatic carbocycles. The summed E-state index contributed by atoms with van der Waals surface area (Å²) in [4.78, 5) is 23.5. The van der Waals surface area contributed by atoms with Crippen molar-refractivity contribution in [2.24, 2.45) is 0 Å². The molecular weight excluding hydrogens is 512 g/mol. The van der Waals surface area contributed by atoms with Crippen LogP contribution in [0.25, 0.3) is 0 Å². The highest BCUT2D eigenvalue weighted by Gasteiger charge is 2.48. The van der Waals surface area contributed by atoms with Crippen molar-refractivity contribution >= 4 is 30.0 Å². The summed E-state index contributed by atoms with van der Waals surface area (Å²) in [7, 11) is -7.00. The zero-order chi connectivity index (χ0) is 28.0. The summed E-state index contributed by atoms with van der Waals surface area (Å²) >= 11 is 0. The second-order valence-electron chi connectivity index (χ2n) is 10.1. The molecule has 11 heteroatoms. The van der Waals surface area contributed by atoms with Gasteiger partial charge in [0.1, 0.15) is 12.6 Å². The van der Waals surface area contributed by atoms with Crippen LogP contribution in [-0.4, -0.2) is 39.8 Å². The third kappa shape index (κ3) is 7.25. The van der Waals surface area contributed by atoms with Gasteiger partial charge in [0.15, 0.2) is 4.90 Å². The number of nitro groups is 1. The second-order valence-corrected chi connectivity index (χ2v) is 17.1. The van der Waals surface area contributed by atoms with Crippen molar-refractivity contribution in [2.45, 2.75) is 88.7 Å². The van der Waals surface area contributed by atoms with Crippen LogP contribution in [0.4, 0.5) is 5.69 Å². The molecule has 0 amide bonds. The minimum absolute atomic E-state index is 0.0583. The Hall–Kier alpha value is -2.60. The maximum Gasteiger partial charge on any atom is 0.327 e. The SMILES string of the molecule is CC(C)[Si](O[C@H](C)[C@H](NS(=O)(=O)c1ccccc1[N+](=O)[O-])C(=O)OCc1ccccc1)(C(C)C)C(C)C. The summed E-state index contributed by atoms with van der Waals surface area (Å²) in [6.07, 6.45) is -0.889. The van der Waals surface area contributed by atoms with Crippen LogP contribution in [0.5, 0.6) is 0 Å². The van der Waals surface area contributed by atoms with Crippen LogP contribution in [-0.2, 0) is 30.6 Å². The molecule has 0 bridgehead atoms. The number of benzene rings is 2. The molecule has 9 nitrogen and oxygen atoms in total. The number of nitro benzene ring substituents is 1. The van der Waals surface area contributed by atoms with Crippen molar-refractivity contribution in [1.29, 1.82) is 0 Å². The lowest BCUT2D eigenvalue weighted by atomic mass is 10.2.